The van der Waals surface area contributed by atoms with E-state index in [-0.39, 0.29) is 6.42 Å². The highest BCUT2D eigenvalue weighted by atomic mass is 35.5. The van der Waals surface area contributed by atoms with Gasteiger partial charge in [-0.3, -0.25) is 9.59 Å². The summed E-state index contributed by atoms with van der Waals surface area (Å²) in [5, 5.41) is 3.15. The van der Waals surface area contributed by atoms with Crippen LogP contribution in [0.25, 0.3) is 11.1 Å². The van der Waals surface area contributed by atoms with Crippen LogP contribution in [0.5, 0.6) is 0 Å². The maximum Gasteiger partial charge on any atom is 0.307 e. The maximum atomic E-state index is 12.1. The van der Waals surface area contributed by atoms with E-state index in [1.165, 1.54) is 6.92 Å². The lowest BCUT2D eigenvalue weighted by molar-refractivity contribution is -0.153. The van der Waals surface area contributed by atoms with Crippen molar-refractivity contribution in [1.29, 1.82) is 0 Å². The molecule has 2 aromatic carbocycles. The van der Waals surface area contributed by atoms with Crippen LogP contribution in [0.2, 0.25) is 5.02 Å². The number of aromatic nitrogens is 1. The molecule has 26 heavy (non-hydrogen) atoms. The monoisotopic (exact) mass is 372 g/mol. The lowest BCUT2D eigenvalue weighted by atomic mass is 10.3. The summed E-state index contributed by atoms with van der Waals surface area (Å²) in [6, 6.07) is 14.1. The molecule has 0 bridgehead atoms. The summed E-state index contributed by atoms with van der Waals surface area (Å²) >= 11 is 5.87. The molecule has 6 nitrogen and oxygen atoms in total. The number of aryl methyl sites for hydroxylation is 1. The molecular weight excluding hydrogens is 356 g/mol. The van der Waals surface area contributed by atoms with Gasteiger partial charge < -0.3 is 14.5 Å². The highest BCUT2D eigenvalue weighted by Gasteiger charge is 2.18. The summed E-state index contributed by atoms with van der Waals surface area (Å²) in [4.78, 5) is 28.3. The number of anilines is 1. The number of oxazole rings is 1. The first-order valence-electron chi connectivity index (χ1n) is 8.11. The van der Waals surface area contributed by atoms with Gasteiger partial charge in [-0.1, -0.05) is 29.8 Å². The van der Waals surface area contributed by atoms with Crippen molar-refractivity contribution in [1.82, 2.24) is 4.98 Å². The third-order valence-electron chi connectivity index (χ3n) is 3.65. The van der Waals surface area contributed by atoms with Gasteiger partial charge in [0.05, 0.1) is 6.42 Å². The Kier molecular flexibility index (Phi) is 5.53. The first-order chi connectivity index (χ1) is 12.5. The van der Waals surface area contributed by atoms with Gasteiger partial charge in [-0.25, -0.2) is 4.98 Å². The fourth-order valence-electron chi connectivity index (χ4n) is 2.36. The Hall–Kier alpha value is -2.86. The van der Waals surface area contributed by atoms with Crippen LogP contribution in [0.15, 0.2) is 52.9 Å². The van der Waals surface area contributed by atoms with Crippen LogP contribution in [0.1, 0.15) is 19.2 Å². The molecule has 0 aliphatic carbocycles. The summed E-state index contributed by atoms with van der Waals surface area (Å²) < 4.78 is 10.7. The number of hydrogen-bond donors (Lipinski definition) is 1. The number of fused-ring (bicyclic) bond motifs is 1. The van der Waals surface area contributed by atoms with Crippen molar-refractivity contribution in [3.63, 3.8) is 0 Å². The van der Waals surface area contributed by atoms with Gasteiger partial charge in [-0.15, -0.1) is 0 Å². The zero-order chi connectivity index (χ0) is 18.5. The Bertz CT molecular complexity index is 905. The van der Waals surface area contributed by atoms with Crippen molar-refractivity contribution in [2.24, 2.45) is 0 Å². The highest BCUT2D eigenvalue weighted by molar-refractivity contribution is 6.30. The van der Waals surface area contributed by atoms with E-state index in [2.05, 4.69) is 10.3 Å². The standard InChI is InChI=1S/C19H17ClN2O4/c1-12(19(24)21-14-6-4-5-13(20)11-14)25-18(23)10-9-17-22-15-7-2-3-8-16(15)26-17/h2-8,11-12H,9-10H2,1H3,(H,21,24)/t12-/m1/s1. The Balaban J connectivity index is 1.49. The van der Waals surface area contributed by atoms with Crippen molar-refractivity contribution in [3.05, 3.63) is 59.4 Å². The zero-order valence-electron chi connectivity index (χ0n) is 14.1. The molecule has 0 spiro atoms. The molecule has 7 heteroatoms. The summed E-state index contributed by atoms with van der Waals surface area (Å²) in [7, 11) is 0. The van der Waals surface area contributed by atoms with E-state index in [0.29, 0.717) is 28.6 Å². The van der Waals surface area contributed by atoms with Crippen molar-refractivity contribution >= 4 is 40.3 Å². The SMILES string of the molecule is C[C@@H](OC(=O)CCc1nc2ccccc2o1)C(=O)Nc1cccc(Cl)c1. The molecule has 1 N–H and O–H groups in total. The fraction of sp³-hybridized carbons (Fsp3) is 0.211. The van der Waals surface area contributed by atoms with E-state index < -0.39 is 18.0 Å². The Morgan fingerprint density at radius 2 is 2.04 bits per heavy atom. The van der Waals surface area contributed by atoms with E-state index in [9.17, 15) is 9.59 Å². The van der Waals surface area contributed by atoms with Crippen molar-refractivity contribution in [2.45, 2.75) is 25.9 Å². The second-order valence-electron chi connectivity index (χ2n) is 5.71. The summed E-state index contributed by atoms with van der Waals surface area (Å²) in [6.07, 6.45) is -0.553. The number of halogens is 1. The van der Waals surface area contributed by atoms with Crippen molar-refractivity contribution < 1.29 is 18.7 Å². The van der Waals surface area contributed by atoms with E-state index in [1.807, 2.05) is 24.3 Å². The van der Waals surface area contributed by atoms with Gasteiger partial charge in [-0.05, 0) is 37.3 Å². The Morgan fingerprint density at radius 1 is 1.23 bits per heavy atom. The van der Waals surface area contributed by atoms with Gasteiger partial charge >= 0.3 is 5.97 Å². The van der Waals surface area contributed by atoms with Gasteiger partial charge in [0.25, 0.3) is 5.91 Å². The van der Waals surface area contributed by atoms with Crippen LogP contribution < -0.4 is 5.32 Å². The zero-order valence-corrected chi connectivity index (χ0v) is 14.8. The minimum absolute atomic E-state index is 0.0710. The largest absolute Gasteiger partial charge is 0.453 e. The lowest BCUT2D eigenvalue weighted by Crippen LogP contribution is -2.30. The number of esters is 1. The van der Waals surface area contributed by atoms with E-state index in [4.69, 9.17) is 20.8 Å². The number of carbonyl (C=O) groups is 2. The van der Waals surface area contributed by atoms with Crippen LogP contribution in [-0.4, -0.2) is 23.0 Å². The molecule has 0 unspecified atom stereocenters. The molecule has 1 aromatic heterocycles. The number of rotatable bonds is 6. The predicted molar refractivity (Wildman–Crippen MR) is 98.0 cm³/mol. The molecular formula is C19H17ClN2O4. The Morgan fingerprint density at radius 3 is 2.81 bits per heavy atom. The van der Waals surface area contributed by atoms with Gasteiger partial charge in [-0.2, -0.15) is 0 Å². The molecule has 0 aliphatic rings. The summed E-state index contributed by atoms with van der Waals surface area (Å²) in [5.41, 5.74) is 1.95. The number of hydrogen-bond acceptors (Lipinski definition) is 5. The number of amides is 1. The number of benzene rings is 2. The first-order valence-corrected chi connectivity index (χ1v) is 8.49. The molecule has 3 rings (SSSR count). The molecule has 1 atom stereocenters. The topological polar surface area (TPSA) is 81.4 Å². The summed E-state index contributed by atoms with van der Waals surface area (Å²) in [6.45, 7) is 1.51. The average Bonchev–Trinajstić information content (AvgIpc) is 3.03. The number of carbonyl (C=O) groups excluding carboxylic acids is 2. The minimum atomic E-state index is -0.926. The molecule has 0 radical (unpaired) electrons. The third-order valence-corrected chi connectivity index (χ3v) is 3.89. The quantitative estimate of drug-likeness (QED) is 0.662. The van der Waals surface area contributed by atoms with E-state index >= 15 is 0 Å². The van der Waals surface area contributed by atoms with Gasteiger partial charge in [0.15, 0.2) is 17.6 Å². The fourth-order valence-corrected chi connectivity index (χ4v) is 2.55. The molecule has 1 amide bonds. The second-order valence-corrected chi connectivity index (χ2v) is 6.14. The average molecular weight is 373 g/mol. The van der Waals surface area contributed by atoms with Crippen molar-refractivity contribution in [3.8, 4) is 0 Å². The normalized spacial score (nSPS) is 11.9. The maximum absolute atomic E-state index is 12.1. The van der Waals surface area contributed by atoms with E-state index in [1.54, 1.807) is 24.3 Å². The molecule has 3 aromatic rings. The molecule has 1 heterocycles. The molecule has 0 aliphatic heterocycles. The van der Waals surface area contributed by atoms with Gasteiger partial charge in [0.1, 0.15) is 5.52 Å². The van der Waals surface area contributed by atoms with Crippen molar-refractivity contribution in [2.75, 3.05) is 5.32 Å². The second kappa shape index (κ2) is 8.01. The van der Waals surface area contributed by atoms with Crippen LogP contribution in [0.3, 0.4) is 0 Å². The number of para-hydroxylation sites is 2. The van der Waals surface area contributed by atoms with Crippen LogP contribution >= 0.6 is 11.6 Å². The van der Waals surface area contributed by atoms with Crippen LogP contribution in [0.4, 0.5) is 5.69 Å². The van der Waals surface area contributed by atoms with Crippen LogP contribution in [0, 0.1) is 0 Å². The minimum Gasteiger partial charge on any atom is -0.453 e. The molecule has 0 saturated carbocycles. The lowest BCUT2D eigenvalue weighted by Gasteiger charge is -2.13. The molecule has 0 saturated heterocycles. The number of nitrogens with zero attached hydrogens (tertiary/aromatic N) is 1. The predicted octanol–water partition coefficient (Wildman–Crippen LogP) is 3.98. The molecule has 134 valence electrons. The number of nitrogens with one attached hydrogen (secondary N) is 1. The van der Waals surface area contributed by atoms with Gasteiger partial charge in [0.2, 0.25) is 0 Å². The summed E-state index contributed by atoms with van der Waals surface area (Å²) in [5.74, 6) is -0.470. The highest BCUT2D eigenvalue weighted by Crippen LogP contribution is 2.17. The molecule has 0 fully saturated rings. The smallest absolute Gasteiger partial charge is 0.307 e. The van der Waals surface area contributed by atoms with E-state index in [0.717, 1.165) is 5.52 Å². The third kappa shape index (κ3) is 4.61. The van der Waals surface area contributed by atoms with Gasteiger partial charge in [0, 0.05) is 17.1 Å². The van der Waals surface area contributed by atoms with Crippen LogP contribution in [-0.2, 0) is 20.7 Å². The Labute approximate surface area is 155 Å². The number of ether oxygens (including phenoxy) is 1. The first kappa shape index (κ1) is 17.9.